The van der Waals surface area contributed by atoms with E-state index in [1.54, 1.807) is 91.0 Å². The number of esters is 1. The number of nitrogens with zero attached hydrogens (tertiary/aromatic N) is 3. The minimum Gasteiger partial charge on any atom is -0.472 e. The van der Waals surface area contributed by atoms with Gasteiger partial charge in [-0.3, -0.25) is 28.5 Å². The van der Waals surface area contributed by atoms with Gasteiger partial charge in [0.05, 0.1) is 12.7 Å². The van der Waals surface area contributed by atoms with Crippen molar-refractivity contribution in [1.82, 2.24) is 24.6 Å². The average Bonchev–Trinajstić information content (AvgIpc) is 3.17. The van der Waals surface area contributed by atoms with E-state index in [1.807, 2.05) is 6.92 Å². The van der Waals surface area contributed by atoms with Crippen LogP contribution in [0.25, 0.3) is 11.4 Å². The smallest absolute Gasteiger partial charge is 0.308 e. The topological polar surface area (TPSA) is 188 Å². The predicted molar refractivity (Wildman–Crippen MR) is 202 cm³/mol. The SMILES string of the molecule is CCCCC(CNC(=O)Cn1c(-c2ccccc2)ncc(NS(=O)(=O)NCc2ccccc2)c1=O)Oc1nccc(OC(C)=O)c1C(=O)c1ccccc1. The van der Waals surface area contributed by atoms with Gasteiger partial charge in [0.15, 0.2) is 0 Å². The van der Waals surface area contributed by atoms with E-state index in [4.69, 9.17) is 9.47 Å². The lowest BCUT2D eigenvalue weighted by Crippen LogP contribution is -2.40. The average molecular weight is 753 g/mol. The maximum Gasteiger partial charge on any atom is 0.308 e. The van der Waals surface area contributed by atoms with Crippen LogP contribution < -0.4 is 29.8 Å². The van der Waals surface area contributed by atoms with Crippen molar-refractivity contribution in [2.75, 3.05) is 11.3 Å². The molecular weight excluding hydrogens is 713 g/mol. The van der Waals surface area contributed by atoms with Crippen LogP contribution >= 0.6 is 0 Å². The van der Waals surface area contributed by atoms with Gasteiger partial charge < -0.3 is 14.8 Å². The first-order chi connectivity index (χ1) is 26.0. The lowest BCUT2D eigenvalue weighted by atomic mass is 10.0. The van der Waals surface area contributed by atoms with Crippen LogP contribution in [0.15, 0.2) is 114 Å². The molecule has 0 aliphatic rings. The van der Waals surface area contributed by atoms with Crippen LogP contribution in [0.1, 0.15) is 54.6 Å². The maximum absolute atomic E-state index is 13.8. The molecule has 5 rings (SSSR count). The number of hydrogen-bond donors (Lipinski definition) is 3. The van der Waals surface area contributed by atoms with Crippen molar-refractivity contribution in [3.05, 3.63) is 136 Å². The lowest BCUT2D eigenvalue weighted by Gasteiger charge is -2.21. The summed E-state index contributed by atoms with van der Waals surface area (Å²) in [4.78, 5) is 61.6. The van der Waals surface area contributed by atoms with Crippen LogP contribution in [0.3, 0.4) is 0 Å². The van der Waals surface area contributed by atoms with E-state index in [2.05, 4.69) is 24.7 Å². The third kappa shape index (κ3) is 10.7. The fourth-order valence-corrected chi connectivity index (χ4v) is 6.26. The van der Waals surface area contributed by atoms with Crippen LogP contribution in [0.4, 0.5) is 5.69 Å². The number of ether oxygens (including phenoxy) is 2. The maximum atomic E-state index is 13.8. The van der Waals surface area contributed by atoms with Crippen molar-refractivity contribution < 1.29 is 32.3 Å². The second-order valence-corrected chi connectivity index (χ2v) is 13.6. The summed E-state index contributed by atoms with van der Waals surface area (Å²) in [5.74, 6) is -1.66. The first-order valence-corrected chi connectivity index (χ1v) is 18.7. The van der Waals surface area contributed by atoms with Crippen LogP contribution in [-0.2, 0) is 32.9 Å². The first-order valence-electron chi connectivity index (χ1n) is 17.2. The number of ketones is 1. The van der Waals surface area contributed by atoms with Gasteiger partial charge in [-0.15, -0.1) is 0 Å². The molecule has 54 heavy (non-hydrogen) atoms. The summed E-state index contributed by atoms with van der Waals surface area (Å²) in [6.45, 7) is 2.63. The molecule has 3 aromatic carbocycles. The van der Waals surface area contributed by atoms with Crippen molar-refractivity contribution in [1.29, 1.82) is 0 Å². The van der Waals surface area contributed by atoms with Crippen molar-refractivity contribution in [2.45, 2.75) is 52.3 Å². The number of aromatic nitrogens is 3. The van der Waals surface area contributed by atoms with Crippen LogP contribution in [0.5, 0.6) is 11.6 Å². The molecule has 0 spiro atoms. The molecule has 280 valence electrons. The molecule has 1 atom stereocenters. The van der Waals surface area contributed by atoms with Gasteiger partial charge in [0, 0.05) is 36.9 Å². The second-order valence-electron chi connectivity index (χ2n) is 12.1. The quantitative estimate of drug-likeness (QED) is 0.0839. The number of benzene rings is 3. The minimum absolute atomic E-state index is 0.0188. The molecular formula is C39H40N6O8S. The molecule has 0 saturated carbocycles. The highest BCUT2D eigenvalue weighted by molar-refractivity contribution is 7.90. The van der Waals surface area contributed by atoms with Gasteiger partial charge in [0.1, 0.15) is 35.5 Å². The molecule has 15 heteroatoms. The fraction of sp³-hybridized carbons (Fsp3) is 0.231. The van der Waals surface area contributed by atoms with E-state index in [1.165, 1.54) is 19.2 Å². The Bertz CT molecular complexity index is 2230. The summed E-state index contributed by atoms with van der Waals surface area (Å²) in [6, 6.07) is 27.3. The van der Waals surface area contributed by atoms with E-state index in [-0.39, 0.29) is 41.8 Å². The van der Waals surface area contributed by atoms with Crippen molar-refractivity contribution in [2.24, 2.45) is 0 Å². The Morgan fingerprint density at radius 1 is 0.889 bits per heavy atom. The lowest BCUT2D eigenvalue weighted by molar-refractivity contribution is -0.132. The Balaban J connectivity index is 1.37. The summed E-state index contributed by atoms with van der Waals surface area (Å²) in [7, 11) is -4.20. The predicted octanol–water partition coefficient (Wildman–Crippen LogP) is 4.66. The Kier molecular flexibility index (Phi) is 13.4. The van der Waals surface area contributed by atoms with E-state index in [9.17, 15) is 27.6 Å². The van der Waals surface area contributed by atoms with Crippen LogP contribution in [0.2, 0.25) is 0 Å². The third-order valence-corrected chi connectivity index (χ3v) is 9.03. The van der Waals surface area contributed by atoms with Crippen LogP contribution in [0, 0.1) is 0 Å². The Hall–Kier alpha value is -6.19. The number of unbranched alkanes of at least 4 members (excludes halogenated alkanes) is 1. The van der Waals surface area contributed by atoms with Crippen molar-refractivity contribution >= 4 is 33.6 Å². The second kappa shape index (κ2) is 18.5. The molecule has 2 aromatic heterocycles. The molecule has 0 aliphatic heterocycles. The molecule has 2 heterocycles. The third-order valence-electron chi connectivity index (χ3n) is 8.01. The van der Waals surface area contributed by atoms with Gasteiger partial charge in [-0.05, 0) is 18.4 Å². The van der Waals surface area contributed by atoms with E-state index in [0.717, 1.165) is 17.2 Å². The fourth-order valence-electron chi connectivity index (χ4n) is 5.40. The summed E-state index contributed by atoms with van der Waals surface area (Å²) >= 11 is 0. The normalized spacial score (nSPS) is 11.7. The molecule has 1 amide bonds. The van der Waals surface area contributed by atoms with Gasteiger partial charge in [-0.2, -0.15) is 13.1 Å². The highest BCUT2D eigenvalue weighted by Crippen LogP contribution is 2.30. The minimum atomic E-state index is -4.20. The Morgan fingerprint density at radius 3 is 2.22 bits per heavy atom. The molecule has 0 fully saturated rings. The Labute approximate surface area is 312 Å². The summed E-state index contributed by atoms with van der Waals surface area (Å²) in [5, 5.41) is 2.80. The van der Waals surface area contributed by atoms with E-state index >= 15 is 0 Å². The molecule has 0 bridgehead atoms. The summed E-state index contributed by atoms with van der Waals surface area (Å²) in [5.41, 5.74) is 0.362. The largest absolute Gasteiger partial charge is 0.472 e. The highest BCUT2D eigenvalue weighted by atomic mass is 32.2. The first kappa shape index (κ1) is 39.0. The summed E-state index contributed by atoms with van der Waals surface area (Å²) < 4.78 is 43.1. The van der Waals surface area contributed by atoms with Crippen molar-refractivity contribution in [3.63, 3.8) is 0 Å². The zero-order valence-corrected chi connectivity index (χ0v) is 30.5. The zero-order chi connectivity index (χ0) is 38.5. The molecule has 0 saturated heterocycles. The molecule has 14 nitrogen and oxygen atoms in total. The number of rotatable bonds is 18. The molecule has 5 aromatic rings. The number of amides is 1. The van der Waals surface area contributed by atoms with E-state index < -0.39 is 46.1 Å². The van der Waals surface area contributed by atoms with Gasteiger partial charge in [0.2, 0.25) is 17.6 Å². The number of hydrogen-bond acceptors (Lipinski definition) is 10. The number of carbonyl (C=O) groups is 3. The highest BCUT2D eigenvalue weighted by Gasteiger charge is 2.26. The molecule has 3 N–H and O–H groups in total. The van der Waals surface area contributed by atoms with Gasteiger partial charge >= 0.3 is 5.97 Å². The van der Waals surface area contributed by atoms with Gasteiger partial charge in [0.25, 0.3) is 15.8 Å². The van der Waals surface area contributed by atoms with Crippen LogP contribution in [-0.4, -0.2) is 53.3 Å². The monoisotopic (exact) mass is 752 g/mol. The number of anilines is 1. The number of carbonyl (C=O) groups excluding carboxylic acids is 3. The van der Waals surface area contributed by atoms with Crippen molar-refractivity contribution in [3.8, 4) is 23.0 Å². The van der Waals surface area contributed by atoms with Gasteiger partial charge in [-0.1, -0.05) is 104 Å². The van der Waals surface area contributed by atoms with E-state index in [0.29, 0.717) is 29.5 Å². The standard InChI is InChI=1S/C39H40N6O8S/c1-3-4-20-31(53-38-35(33(21-22-40-38)52-27(2)46)36(48)29-16-10-6-11-17-29)24-41-34(47)26-45-37(30-18-12-7-13-19-30)42-25-32(39(45)49)44-54(50,51)43-23-28-14-8-5-9-15-28/h5-19,21-22,25,31,43-44H,3-4,20,23-24,26H2,1-2H3,(H,41,47). The Morgan fingerprint density at radius 2 is 1.56 bits per heavy atom. The van der Waals surface area contributed by atoms with Gasteiger partial charge in [-0.25, -0.2) is 9.97 Å². The summed E-state index contributed by atoms with van der Waals surface area (Å²) in [6.07, 6.45) is 3.74. The number of nitrogens with one attached hydrogen (secondary N) is 3. The number of pyridine rings is 1. The molecule has 0 aliphatic carbocycles. The molecule has 0 radical (unpaired) electrons. The zero-order valence-electron chi connectivity index (χ0n) is 29.7. The molecule has 1 unspecified atom stereocenters.